The molecule has 3 rings (SSSR count). The van der Waals surface area contributed by atoms with E-state index < -0.39 is 0 Å². The highest BCUT2D eigenvalue weighted by molar-refractivity contribution is 5.85. The number of nitrogens with zero attached hydrogens (tertiary/aromatic N) is 2. The fourth-order valence-corrected chi connectivity index (χ4v) is 2.13. The number of hydrogen-bond donors (Lipinski definition) is 1. The molecule has 2 heterocycles. The predicted octanol–water partition coefficient (Wildman–Crippen LogP) is 2.14. The van der Waals surface area contributed by atoms with E-state index in [1.807, 2.05) is 0 Å². The van der Waals surface area contributed by atoms with Crippen LogP contribution >= 0.6 is 12.4 Å². The molecule has 5 nitrogen and oxygen atoms in total. The number of rotatable bonds is 3. The molecule has 1 saturated heterocycles. The van der Waals surface area contributed by atoms with E-state index in [1.165, 1.54) is 6.07 Å². The molecule has 1 unspecified atom stereocenters. The first-order valence-electron chi connectivity index (χ1n) is 6.64. The minimum absolute atomic E-state index is 0. The Hall–Kier alpha value is -1.50. The zero-order valence-corrected chi connectivity index (χ0v) is 12.5. The molecule has 0 amide bonds. The topological polar surface area (TPSA) is 60.2 Å². The summed E-state index contributed by atoms with van der Waals surface area (Å²) >= 11 is 0. The number of aryl methyl sites for hydroxylation is 1. The third-order valence-electron chi connectivity index (χ3n) is 3.30. The number of hydrogen-bond acceptors (Lipinski definition) is 5. The first-order chi connectivity index (χ1) is 9.72. The molecule has 0 radical (unpaired) electrons. The second-order valence-corrected chi connectivity index (χ2v) is 4.88. The van der Waals surface area contributed by atoms with Gasteiger partial charge in [0.25, 0.3) is 0 Å². The van der Waals surface area contributed by atoms with Crippen LogP contribution in [0.15, 0.2) is 22.7 Å². The Kier molecular flexibility index (Phi) is 5.27. The van der Waals surface area contributed by atoms with Gasteiger partial charge in [0.15, 0.2) is 0 Å². The number of ether oxygens (including phenoxy) is 1. The first-order valence-corrected chi connectivity index (χ1v) is 6.64. The molecule has 1 aromatic heterocycles. The van der Waals surface area contributed by atoms with Crippen LogP contribution in [0.2, 0.25) is 0 Å². The van der Waals surface area contributed by atoms with E-state index in [9.17, 15) is 4.39 Å². The summed E-state index contributed by atoms with van der Waals surface area (Å²) < 4.78 is 24.3. The molecule has 1 N–H and O–H groups in total. The summed E-state index contributed by atoms with van der Waals surface area (Å²) in [5.41, 5.74) is 1.21. The van der Waals surface area contributed by atoms with Crippen LogP contribution < -0.4 is 5.32 Å². The van der Waals surface area contributed by atoms with Crippen molar-refractivity contribution in [1.29, 1.82) is 0 Å². The molecule has 0 bridgehead atoms. The zero-order chi connectivity index (χ0) is 13.9. The van der Waals surface area contributed by atoms with Crippen LogP contribution in [-0.4, -0.2) is 35.9 Å². The third kappa shape index (κ3) is 3.78. The molecule has 21 heavy (non-hydrogen) atoms. The van der Waals surface area contributed by atoms with Gasteiger partial charge in [-0.3, -0.25) is 0 Å². The minimum atomic E-state index is -0.270. The maximum atomic E-state index is 13.5. The number of nitrogens with one attached hydrogen (secondary N) is 1. The molecule has 0 aliphatic carbocycles. The van der Waals surface area contributed by atoms with Crippen LogP contribution in [0.1, 0.15) is 11.5 Å². The van der Waals surface area contributed by atoms with E-state index in [4.69, 9.17) is 9.26 Å². The zero-order valence-electron chi connectivity index (χ0n) is 11.6. The Bertz CT molecular complexity index is 600. The average Bonchev–Trinajstić information content (AvgIpc) is 2.91. The SMILES string of the molecule is Cc1ccc(-c2noc(CC3CNCCO3)n2)cc1F.Cl. The molecule has 2 aromatic rings. The van der Waals surface area contributed by atoms with Gasteiger partial charge in [0.1, 0.15) is 5.82 Å². The van der Waals surface area contributed by atoms with Crippen LogP contribution in [-0.2, 0) is 11.2 Å². The Balaban J connectivity index is 0.00000161. The van der Waals surface area contributed by atoms with Gasteiger partial charge >= 0.3 is 0 Å². The molecule has 1 aromatic carbocycles. The molecule has 0 spiro atoms. The molecular weight excluding hydrogens is 297 g/mol. The summed E-state index contributed by atoms with van der Waals surface area (Å²) in [6.45, 7) is 4.05. The van der Waals surface area contributed by atoms with Gasteiger partial charge in [0.2, 0.25) is 11.7 Å². The number of halogens is 2. The van der Waals surface area contributed by atoms with Crippen LogP contribution in [0.4, 0.5) is 4.39 Å². The Morgan fingerprint density at radius 1 is 1.43 bits per heavy atom. The quantitative estimate of drug-likeness (QED) is 0.940. The summed E-state index contributed by atoms with van der Waals surface area (Å²) in [6, 6.07) is 4.91. The van der Waals surface area contributed by atoms with Gasteiger partial charge in [-0.05, 0) is 18.6 Å². The lowest BCUT2D eigenvalue weighted by atomic mass is 10.1. The van der Waals surface area contributed by atoms with Gasteiger partial charge in [0.05, 0.1) is 19.1 Å². The maximum absolute atomic E-state index is 13.5. The Morgan fingerprint density at radius 3 is 3.00 bits per heavy atom. The van der Waals surface area contributed by atoms with Crippen molar-refractivity contribution in [3.05, 3.63) is 35.5 Å². The molecular formula is C14H17ClFN3O2. The first kappa shape index (κ1) is 15.9. The van der Waals surface area contributed by atoms with Crippen molar-refractivity contribution >= 4 is 12.4 Å². The molecule has 1 aliphatic rings. The highest BCUT2D eigenvalue weighted by atomic mass is 35.5. The Morgan fingerprint density at radius 2 is 2.29 bits per heavy atom. The van der Waals surface area contributed by atoms with E-state index in [1.54, 1.807) is 19.1 Å². The van der Waals surface area contributed by atoms with Crippen molar-refractivity contribution in [3.63, 3.8) is 0 Å². The van der Waals surface area contributed by atoms with Crippen molar-refractivity contribution in [2.45, 2.75) is 19.4 Å². The average molecular weight is 314 g/mol. The second-order valence-electron chi connectivity index (χ2n) is 4.88. The number of benzene rings is 1. The van der Waals surface area contributed by atoms with Crippen LogP contribution in [0, 0.1) is 12.7 Å². The van der Waals surface area contributed by atoms with Gasteiger partial charge in [-0.2, -0.15) is 4.98 Å². The lowest BCUT2D eigenvalue weighted by Crippen LogP contribution is -2.39. The fraction of sp³-hybridized carbons (Fsp3) is 0.429. The normalized spacial score (nSPS) is 18.3. The summed E-state index contributed by atoms with van der Waals surface area (Å²) in [5.74, 6) is 0.644. The summed E-state index contributed by atoms with van der Waals surface area (Å²) in [7, 11) is 0. The van der Waals surface area contributed by atoms with E-state index >= 15 is 0 Å². The molecule has 1 atom stereocenters. The highest BCUT2D eigenvalue weighted by Crippen LogP contribution is 2.19. The molecule has 1 fully saturated rings. The van der Waals surface area contributed by atoms with E-state index in [2.05, 4.69) is 15.5 Å². The van der Waals surface area contributed by atoms with Crippen LogP contribution in [0.5, 0.6) is 0 Å². The predicted molar refractivity (Wildman–Crippen MR) is 78.0 cm³/mol. The lowest BCUT2D eigenvalue weighted by Gasteiger charge is -2.21. The highest BCUT2D eigenvalue weighted by Gasteiger charge is 2.18. The summed E-state index contributed by atoms with van der Waals surface area (Å²) in [6.07, 6.45) is 0.612. The summed E-state index contributed by atoms with van der Waals surface area (Å²) in [5, 5.41) is 7.14. The van der Waals surface area contributed by atoms with Crippen molar-refractivity contribution < 1.29 is 13.7 Å². The van der Waals surface area contributed by atoms with Gasteiger partial charge in [-0.25, -0.2) is 4.39 Å². The maximum Gasteiger partial charge on any atom is 0.229 e. The van der Waals surface area contributed by atoms with Gasteiger partial charge in [-0.1, -0.05) is 17.3 Å². The monoisotopic (exact) mass is 313 g/mol. The molecule has 7 heteroatoms. The van der Waals surface area contributed by atoms with Crippen molar-refractivity contribution in [1.82, 2.24) is 15.5 Å². The number of morpholine rings is 1. The van der Waals surface area contributed by atoms with E-state index in [0.29, 0.717) is 35.9 Å². The summed E-state index contributed by atoms with van der Waals surface area (Å²) in [4.78, 5) is 4.29. The van der Waals surface area contributed by atoms with E-state index in [0.717, 1.165) is 13.1 Å². The lowest BCUT2D eigenvalue weighted by molar-refractivity contribution is 0.0246. The molecule has 1 aliphatic heterocycles. The minimum Gasteiger partial charge on any atom is -0.375 e. The van der Waals surface area contributed by atoms with Gasteiger partial charge in [0, 0.05) is 18.7 Å². The largest absolute Gasteiger partial charge is 0.375 e. The number of aromatic nitrogens is 2. The Labute approximate surface area is 128 Å². The van der Waals surface area contributed by atoms with Gasteiger partial charge in [-0.15, -0.1) is 12.4 Å². The second kappa shape index (κ2) is 6.98. The van der Waals surface area contributed by atoms with Crippen molar-refractivity contribution in [2.24, 2.45) is 0 Å². The molecule has 114 valence electrons. The standard InChI is InChI=1S/C14H16FN3O2.ClH/c1-9-2-3-10(6-12(9)15)14-17-13(20-18-14)7-11-8-16-4-5-19-11;/h2-3,6,11,16H,4-5,7-8H2,1H3;1H. The van der Waals surface area contributed by atoms with Gasteiger partial charge < -0.3 is 14.6 Å². The van der Waals surface area contributed by atoms with Crippen LogP contribution in [0.25, 0.3) is 11.4 Å². The van der Waals surface area contributed by atoms with Crippen molar-refractivity contribution in [3.8, 4) is 11.4 Å². The van der Waals surface area contributed by atoms with Crippen LogP contribution in [0.3, 0.4) is 0 Å². The third-order valence-corrected chi connectivity index (χ3v) is 3.30. The fourth-order valence-electron chi connectivity index (χ4n) is 2.13. The van der Waals surface area contributed by atoms with E-state index in [-0.39, 0.29) is 24.3 Å². The van der Waals surface area contributed by atoms with Crippen molar-refractivity contribution in [2.75, 3.05) is 19.7 Å². The smallest absolute Gasteiger partial charge is 0.229 e. The molecule has 0 saturated carbocycles.